The molecule has 8 heteroatoms. The Balaban J connectivity index is 1.67. The van der Waals surface area contributed by atoms with Gasteiger partial charge in [-0.05, 0) is 22.5 Å². The van der Waals surface area contributed by atoms with E-state index in [1.807, 2.05) is 35.0 Å². The van der Waals surface area contributed by atoms with Gasteiger partial charge >= 0.3 is 0 Å². The van der Waals surface area contributed by atoms with Crippen LogP contribution in [0.1, 0.15) is 0 Å². The summed E-state index contributed by atoms with van der Waals surface area (Å²) in [7, 11) is 2.78. The molecule has 0 atom stereocenters. The number of hydrogen-bond acceptors (Lipinski definition) is 6. The zero-order chi connectivity index (χ0) is 14.5. The molecule has 0 fully saturated rings. The summed E-state index contributed by atoms with van der Waals surface area (Å²) >= 11 is 5.95. The standard InChI is InChI=1S/C13H11ClN4OS2/c14-12-13(20-21-17-12)16-10-2-1-3-11(8-10)19-7-6-18-5-4-15-9-18/h1-5,8-9H,6-7H2. The Hall–Kier alpha value is -1.70. The molecule has 0 saturated heterocycles. The van der Waals surface area contributed by atoms with Crippen molar-refractivity contribution in [3.05, 3.63) is 52.8 Å². The molecule has 3 rings (SSSR count). The second kappa shape index (κ2) is 6.84. The van der Waals surface area contributed by atoms with Crippen LogP contribution in [-0.4, -0.2) is 20.5 Å². The lowest BCUT2D eigenvalue weighted by Crippen LogP contribution is -2.06. The van der Waals surface area contributed by atoms with Gasteiger partial charge in [-0.3, -0.25) is 0 Å². The average molecular weight is 339 g/mol. The van der Waals surface area contributed by atoms with Crippen LogP contribution in [0.25, 0.3) is 0 Å². The molecule has 0 unspecified atom stereocenters. The summed E-state index contributed by atoms with van der Waals surface area (Å²) in [6, 6.07) is 7.60. The molecule has 0 radical (unpaired) electrons. The number of benzene rings is 1. The Morgan fingerprint density at radius 1 is 1.38 bits per heavy atom. The molecule has 0 bridgehead atoms. The molecule has 0 aliphatic rings. The lowest BCUT2D eigenvalue weighted by Gasteiger charge is -2.06. The van der Waals surface area contributed by atoms with Gasteiger partial charge in [0, 0.05) is 29.0 Å². The predicted molar refractivity (Wildman–Crippen MR) is 84.4 cm³/mol. The summed E-state index contributed by atoms with van der Waals surface area (Å²) < 4.78 is 12.4. The third-order valence-corrected chi connectivity index (χ3v) is 4.81. The fourth-order valence-electron chi connectivity index (χ4n) is 1.67. The van der Waals surface area contributed by atoms with Crippen LogP contribution < -0.4 is 9.41 Å². The Kier molecular flexibility index (Phi) is 4.64. The number of halogens is 1. The molecule has 0 saturated carbocycles. The first kappa shape index (κ1) is 14.2. The Bertz CT molecular complexity index is 766. The summed E-state index contributed by atoms with van der Waals surface area (Å²) in [6.45, 7) is 1.33. The summed E-state index contributed by atoms with van der Waals surface area (Å²) in [5.41, 5.74) is 0.800. The van der Waals surface area contributed by atoms with Gasteiger partial charge in [-0.1, -0.05) is 17.7 Å². The molecule has 1 aromatic carbocycles. The molecule has 5 nitrogen and oxygen atoms in total. The Labute approximate surface area is 133 Å². The van der Waals surface area contributed by atoms with E-state index in [0.717, 1.165) is 22.7 Å². The molecule has 2 heterocycles. The van der Waals surface area contributed by atoms with E-state index in [-0.39, 0.29) is 0 Å². The van der Waals surface area contributed by atoms with Crippen LogP contribution in [-0.2, 0) is 6.54 Å². The van der Waals surface area contributed by atoms with Gasteiger partial charge in [0.15, 0.2) is 9.82 Å². The van der Waals surface area contributed by atoms with Gasteiger partial charge in [0.2, 0.25) is 0 Å². The molecule has 0 aliphatic heterocycles. The quantitative estimate of drug-likeness (QED) is 0.670. The van der Waals surface area contributed by atoms with E-state index >= 15 is 0 Å². The van der Waals surface area contributed by atoms with Gasteiger partial charge in [-0.25, -0.2) is 9.98 Å². The maximum absolute atomic E-state index is 5.95. The highest BCUT2D eigenvalue weighted by molar-refractivity contribution is 7.66. The molecular formula is C13H11ClN4OS2. The maximum Gasteiger partial charge on any atom is 0.179 e. The van der Waals surface area contributed by atoms with E-state index in [9.17, 15) is 0 Å². The van der Waals surface area contributed by atoms with E-state index in [1.54, 1.807) is 12.5 Å². The van der Waals surface area contributed by atoms with E-state index in [4.69, 9.17) is 16.3 Å². The summed E-state index contributed by atoms with van der Waals surface area (Å²) in [4.78, 5) is 8.45. The molecular weight excluding hydrogens is 328 g/mol. The van der Waals surface area contributed by atoms with Crippen LogP contribution in [0.5, 0.6) is 5.75 Å². The first-order valence-corrected chi connectivity index (χ1v) is 8.64. The lowest BCUT2D eigenvalue weighted by atomic mass is 10.3. The molecule has 108 valence electrons. The van der Waals surface area contributed by atoms with Crippen molar-refractivity contribution in [3.8, 4) is 5.75 Å². The Morgan fingerprint density at radius 2 is 2.33 bits per heavy atom. The fraction of sp³-hybridized carbons (Fsp3) is 0.154. The van der Waals surface area contributed by atoms with Crippen LogP contribution in [0.3, 0.4) is 0 Å². The molecule has 0 amide bonds. The van der Waals surface area contributed by atoms with Crippen LogP contribution in [0.15, 0.2) is 48.0 Å². The van der Waals surface area contributed by atoms with Gasteiger partial charge < -0.3 is 9.30 Å². The van der Waals surface area contributed by atoms with Crippen molar-refractivity contribution >= 4 is 38.2 Å². The topological polar surface area (TPSA) is 52.3 Å². The van der Waals surface area contributed by atoms with Crippen LogP contribution in [0, 0.1) is 0 Å². The number of aromatic nitrogens is 3. The number of hydrogen-bond donors (Lipinski definition) is 0. The second-order valence-corrected chi connectivity index (χ2v) is 6.29. The van der Waals surface area contributed by atoms with Crippen LogP contribution >= 0.6 is 32.5 Å². The molecule has 0 spiro atoms. The normalized spacial score (nSPS) is 11.8. The summed E-state index contributed by atoms with van der Waals surface area (Å²) in [5.74, 6) is 0.778. The molecule has 0 N–H and O–H groups in total. The minimum Gasteiger partial charge on any atom is -0.492 e. The van der Waals surface area contributed by atoms with E-state index in [0.29, 0.717) is 11.8 Å². The minimum atomic E-state index is 0.441. The largest absolute Gasteiger partial charge is 0.492 e. The number of ether oxygens (including phenoxy) is 1. The summed E-state index contributed by atoms with van der Waals surface area (Å²) in [5, 5.41) is 0.441. The van der Waals surface area contributed by atoms with Crippen molar-refractivity contribution in [2.45, 2.75) is 6.54 Å². The van der Waals surface area contributed by atoms with E-state index in [1.165, 1.54) is 20.9 Å². The zero-order valence-electron chi connectivity index (χ0n) is 10.8. The highest BCUT2D eigenvalue weighted by Gasteiger charge is 2.00. The summed E-state index contributed by atoms with van der Waals surface area (Å²) in [6.07, 6.45) is 5.42. The van der Waals surface area contributed by atoms with Crippen LogP contribution in [0.4, 0.5) is 5.69 Å². The van der Waals surface area contributed by atoms with Gasteiger partial charge in [-0.15, -0.1) is 0 Å². The zero-order valence-corrected chi connectivity index (χ0v) is 13.2. The van der Waals surface area contributed by atoms with Crippen molar-refractivity contribution in [2.24, 2.45) is 4.99 Å². The number of nitrogens with zero attached hydrogens (tertiary/aromatic N) is 4. The van der Waals surface area contributed by atoms with Crippen molar-refractivity contribution in [3.63, 3.8) is 0 Å². The molecule has 21 heavy (non-hydrogen) atoms. The lowest BCUT2D eigenvalue weighted by molar-refractivity contribution is 0.298. The van der Waals surface area contributed by atoms with Crippen molar-refractivity contribution in [1.82, 2.24) is 13.9 Å². The van der Waals surface area contributed by atoms with Crippen molar-refractivity contribution in [2.75, 3.05) is 6.61 Å². The smallest absolute Gasteiger partial charge is 0.179 e. The maximum atomic E-state index is 5.95. The minimum absolute atomic E-state index is 0.441. The first-order valence-electron chi connectivity index (χ1n) is 6.16. The number of imidazole rings is 1. The van der Waals surface area contributed by atoms with Gasteiger partial charge in [0.1, 0.15) is 12.4 Å². The molecule has 2 aromatic heterocycles. The third kappa shape index (κ3) is 3.90. The third-order valence-electron chi connectivity index (χ3n) is 2.64. The highest BCUT2D eigenvalue weighted by Crippen LogP contribution is 2.20. The molecule has 0 aliphatic carbocycles. The Morgan fingerprint density at radius 3 is 3.10 bits per heavy atom. The van der Waals surface area contributed by atoms with Crippen molar-refractivity contribution in [1.29, 1.82) is 0 Å². The molecule has 3 aromatic rings. The predicted octanol–water partition coefficient (Wildman–Crippen LogP) is 3.37. The first-order chi connectivity index (χ1) is 10.3. The number of rotatable bonds is 5. The van der Waals surface area contributed by atoms with Gasteiger partial charge in [0.25, 0.3) is 0 Å². The van der Waals surface area contributed by atoms with Crippen molar-refractivity contribution < 1.29 is 4.74 Å². The average Bonchev–Trinajstić information content (AvgIpc) is 3.12. The van der Waals surface area contributed by atoms with Gasteiger partial charge in [-0.2, -0.15) is 4.37 Å². The fourth-order valence-corrected chi connectivity index (χ4v) is 3.66. The monoisotopic (exact) mass is 338 g/mol. The van der Waals surface area contributed by atoms with E-state index in [2.05, 4.69) is 14.3 Å². The SMILES string of the molecule is Clc1nssc1=Nc1cccc(OCCn2ccnc2)c1. The van der Waals surface area contributed by atoms with Crippen LogP contribution in [0.2, 0.25) is 5.15 Å². The van der Waals surface area contributed by atoms with E-state index < -0.39 is 0 Å². The second-order valence-electron chi connectivity index (χ2n) is 4.10. The van der Waals surface area contributed by atoms with Gasteiger partial charge in [0.05, 0.1) is 18.6 Å². The highest BCUT2D eigenvalue weighted by atomic mass is 35.5.